The predicted molar refractivity (Wildman–Crippen MR) is 71.6 cm³/mol. The van der Waals surface area contributed by atoms with E-state index >= 15 is 0 Å². The van der Waals surface area contributed by atoms with E-state index in [1.165, 1.54) is 6.92 Å². The second-order valence-corrected chi connectivity index (χ2v) is 4.26. The van der Waals surface area contributed by atoms with Crippen LogP contribution in [0.2, 0.25) is 0 Å². The van der Waals surface area contributed by atoms with Gasteiger partial charge >= 0.3 is 0 Å². The quantitative estimate of drug-likeness (QED) is 0.351. The van der Waals surface area contributed by atoms with Crippen LogP contribution in [-0.4, -0.2) is 50.8 Å². The Hall–Kier alpha value is -1.30. The number of nitrogens with zero attached hydrogens (tertiary/aromatic N) is 1. The van der Waals surface area contributed by atoms with Crippen LogP contribution in [0.4, 0.5) is 0 Å². The molecule has 18 heavy (non-hydrogen) atoms. The number of rotatable bonds is 6. The maximum Gasteiger partial charge on any atom is 0.216 e. The summed E-state index contributed by atoms with van der Waals surface area (Å²) in [5.74, 6) is 0.761. The molecular formula is C12H24N4O2. The average Bonchev–Trinajstić information content (AvgIpc) is 2.84. The molecule has 1 aliphatic heterocycles. The Kier molecular flexibility index (Phi) is 7.17. The Morgan fingerprint density at radius 3 is 2.72 bits per heavy atom. The molecule has 6 nitrogen and oxygen atoms in total. The van der Waals surface area contributed by atoms with Crippen LogP contribution in [-0.2, 0) is 9.53 Å². The molecule has 6 heteroatoms. The van der Waals surface area contributed by atoms with E-state index < -0.39 is 0 Å². The van der Waals surface area contributed by atoms with Crippen LogP contribution in [0.5, 0.6) is 0 Å². The number of guanidine groups is 1. The fourth-order valence-corrected chi connectivity index (χ4v) is 1.74. The van der Waals surface area contributed by atoms with Gasteiger partial charge in [-0.05, 0) is 19.8 Å². The van der Waals surface area contributed by atoms with Crippen LogP contribution in [0.25, 0.3) is 0 Å². The minimum atomic E-state index is -0.0157. The molecular weight excluding hydrogens is 232 g/mol. The highest BCUT2D eigenvalue weighted by Gasteiger charge is 2.14. The molecule has 104 valence electrons. The van der Waals surface area contributed by atoms with E-state index in [1.807, 2.05) is 6.92 Å². The Morgan fingerprint density at radius 1 is 1.33 bits per heavy atom. The summed E-state index contributed by atoms with van der Waals surface area (Å²) in [7, 11) is 0. The highest BCUT2D eigenvalue weighted by molar-refractivity contribution is 5.79. The largest absolute Gasteiger partial charge is 0.376 e. The standard InChI is InChI=1S/C12H24N4O2/c1-3-13-12(15-7-6-14-10(2)17)16-9-11-5-4-8-18-11/h11H,3-9H2,1-2H3,(H,14,17)(H2,13,15,16). The molecule has 0 saturated carbocycles. The zero-order valence-corrected chi connectivity index (χ0v) is 11.3. The van der Waals surface area contributed by atoms with Gasteiger partial charge in [0.1, 0.15) is 0 Å². The molecule has 0 aromatic rings. The van der Waals surface area contributed by atoms with Crippen LogP contribution in [0.1, 0.15) is 26.7 Å². The molecule has 1 atom stereocenters. The molecule has 1 rings (SSSR count). The normalized spacial score (nSPS) is 19.7. The lowest BCUT2D eigenvalue weighted by Crippen LogP contribution is -2.41. The lowest BCUT2D eigenvalue weighted by atomic mass is 10.2. The summed E-state index contributed by atoms with van der Waals surface area (Å²) in [4.78, 5) is 15.2. The van der Waals surface area contributed by atoms with Gasteiger partial charge in [0.2, 0.25) is 5.91 Å². The van der Waals surface area contributed by atoms with E-state index in [1.54, 1.807) is 0 Å². The van der Waals surface area contributed by atoms with Crippen LogP contribution in [0.15, 0.2) is 4.99 Å². The number of carbonyl (C=O) groups is 1. The summed E-state index contributed by atoms with van der Waals surface area (Å²) >= 11 is 0. The van der Waals surface area contributed by atoms with Crippen molar-refractivity contribution in [1.29, 1.82) is 0 Å². The first-order valence-electron chi connectivity index (χ1n) is 6.60. The third-order valence-corrected chi connectivity index (χ3v) is 2.61. The summed E-state index contributed by atoms with van der Waals surface area (Å²) in [5.41, 5.74) is 0. The molecule has 1 amide bonds. The van der Waals surface area contributed by atoms with Crippen LogP contribution >= 0.6 is 0 Å². The van der Waals surface area contributed by atoms with Gasteiger partial charge in [-0.15, -0.1) is 0 Å². The minimum Gasteiger partial charge on any atom is -0.376 e. The number of nitrogens with one attached hydrogen (secondary N) is 3. The number of amides is 1. The smallest absolute Gasteiger partial charge is 0.216 e. The minimum absolute atomic E-state index is 0.0157. The van der Waals surface area contributed by atoms with Crippen molar-refractivity contribution < 1.29 is 9.53 Å². The molecule has 1 heterocycles. The zero-order chi connectivity index (χ0) is 13.2. The Labute approximate surface area is 109 Å². The first kappa shape index (κ1) is 14.8. The van der Waals surface area contributed by atoms with E-state index in [0.29, 0.717) is 19.6 Å². The van der Waals surface area contributed by atoms with Gasteiger partial charge in [-0.2, -0.15) is 0 Å². The molecule has 0 aromatic heterocycles. The molecule has 1 unspecified atom stereocenters. The summed E-state index contributed by atoms with van der Waals surface area (Å²) in [6.07, 6.45) is 2.48. The van der Waals surface area contributed by atoms with E-state index in [2.05, 4.69) is 20.9 Å². The van der Waals surface area contributed by atoms with Crippen molar-refractivity contribution in [2.24, 2.45) is 4.99 Å². The third kappa shape index (κ3) is 6.44. The molecule has 0 aromatic carbocycles. The van der Waals surface area contributed by atoms with Crippen molar-refractivity contribution in [1.82, 2.24) is 16.0 Å². The number of aliphatic imine (C=N–C) groups is 1. The molecule has 1 fully saturated rings. The third-order valence-electron chi connectivity index (χ3n) is 2.61. The Morgan fingerprint density at radius 2 is 2.11 bits per heavy atom. The summed E-state index contributed by atoms with van der Waals surface area (Å²) in [6.45, 7) is 7.16. The second kappa shape index (κ2) is 8.74. The maximum atomic E-state index is 10.7. The van der Waals surface area contributed by atoms with Crippen LogP contribution in [0.3, 0.4) is 0 Å². The molecule has 0 bridgehead atoms. The molecule has 1 saturated heterocycles. The number of carbonyl (C=O) groups excluding carboxylic acids is 1. The van der Waals surface area contributed by atoms with Gasteiger partial charge in [0.05, 0.1) is 12.6 Å². The monoisotopic (exact) mass is 256 g/mol. The SMILES string of the molecule is CCNC(=NCC1CCCO1)NCCNC(C)=O. The molecule has 0 spiro atoms. The summed E-state index contributed by atoms with van der Waals surface area (Å²) < 4.78 is 5.52. The van der Waals surface area contributed by atoms with Crippen LogP contribution < -0.4 is 16.0 Å². The van der Waals surface area contributed by atoms with Crippen molar-refractivity contribution in [3.63, 3.8) is 0 Å². The van der Waals surface area contributed by atoms with Gasteiger partial charge in [-0.25, -0.2) is 0 Å². The van der Waals surface area contributed by atoms with E-state index in [-0.39, 0.29) is 12.0 Å². The van der Waals surface area contributed by atoms with E-state index in [9.17, 15) is 4.79 Å². The zero-order valence-electron chi connectivity index (χ0n) is 11.3. The van der Waals surface area contributed by atoms with Crippen molar-refractivity contribution in [2.75, 3.05) is 32.8 Å². The van der Waals surface area contributed by atoms with Gasteiger partial charge < -0.3 is 20.7 Å². The highest BCUT2D eigenvalue weighted by Crippen LogP contribution is 2.11. The fraction of sp³-hybridized carbons (Fsp3) is 0.833. The first-order chi connectivity index (χ1) is 8.72. The van der Waals surface area contributed by atoms with Gasteiger partial charge in [-0.1, -0.05) is 0 Å². The van der Waals surface area contributed by atoms with Gasteiger partial charge in [0.15, 0.2) is 5.96 Å². The topological polar surface area (TPSA) is 74.8 Å². The molecule has 3 N–H and O–H groups in total. The van der Waals surface area contributed by atoms with Gasteiger partial charge in [-0.3, -0.25) is 9.79 Å². The number of hydrogen-bond acceptors (Lipinski definition) is 3. The summed E-state index contributed by atoms with van der Waals surface area (Å²) in [6, 6.07) is 0. The lowest BCUT2D eigenvalue weighted by molar-refractivity contribution is -0.118. The molecule has 1 aliphatic rings. The predicted octanol–water partition coefficient (Wildman–Crippen LogP) is -0.143. The number of ether oxygens (including phenoxy) is 1. The van der Waals surface area contributed by atoms with Crippen molar-refractivity contribution in [3.05, 3.63) is 0 Å². The number of hydrogen-bond donors (Lipinski definition) is 3. The van der Waals surface area contributed by atoms with Crippen molar-refractivity contribution in [3.8, 4) is 0 Å². The fourth-order valence-electron chi connectivity index (χ4n) is 1.74. The molecule has 0 radical (unpaired) electrons. The Balaban J connectivity index is 2.23. The first-order valence-corrected chi connectivity index (χ1v) is 6.60. The van der Waals surface area contributed by atoms with Gasteiger partial charge in [0.25, 0.3) is 0 Å². The lowest BCUT2D eigenvalue weighted by Gasteiger charge is -2.12. The van der Waals surface area contributed by atoms with Crippen LogP contribution in [0, 0.1) is 0 Å². The molecule has 0 aliphatic carbocycles. The second-order valence-electron chi connectivity index (χ2n) is 4.26. The average molecular weight is 256 g/mol. The van der Waals surface area contributed by atoms with Crippen molar-refractivity contribution in [2.45, 2.75) is 32.8 Å². The van der Waals surface area contributed by atoms with Gasteiger partial charge in [0, 0.05) is 33.2 Å². The van der Waals surface area contributed by atoms with E-state index in [0.717, 1.165) is 32.0 Å². The highest BCUT2D eigenvalue weighted by atomic mass is 16.5. The Bertz CT molecular complexity index is 275. The van der Waals surface area contributed by atoms with Crippen molar-refractivity contribution >= 4 is 11.9 Å². The maximum absolute atomic E-state index is 10.7. The summed E-state index contributed by atoms with van der Waals surface area (Å²) in [5, 5.41) is 9.07. The van der Waals surface area contributed by atoms with E-state index in [4.69, 9.17) is 4.74 Å².